The Hall–Kier alpha value is -1.06. The number of carbonyl (C=O) groups excluding carboxylic acids is 1. The van der Waals surface area contributed by atoms with Crippen molar-refractivity contribution in [2.24, 2.45) is 0 Å². The zero-order chi connectivity index (χ0) is 13.1. The lowest BCUT2D eigenvalue weighted by atomic mass is 10.0. The van der Waals surface area contributed by atoms with Crippen LogP contribution in [0.25, 0.3) is 0 Å². The molecule has 1 unspecified atom stereocenters. The molecule has 0 radical (unpaired) electrons. The highest BCUT2D eigenvalue weighted by molar-refractivity contribution is 5.77. The van der Waals surface area contributed by atoms with Gasteiger partial charge < -0.3 is 10.4 Å². The van der Waals surface area contributed by atoms with E-state index in [4.69, 9.17) is 5.11 Å². The fourth-order valence-electron chi connectivity index (χ4n) is 1.79. The van der Waals surface area contributed by atoms with Gasteiger partial charge in [-0.1, -0.05) is 33.1 Å². The molecule has 0 aliphatic rings. The number of carbonyl (C=O) groups is 2. The zero-order valence-corrected chi connectivity index (χ0v) is 11.0. The summed E-state index contributed by atoms with van der Waals surface area (Å²) in [7, 11) is 0. The van der Waals surface area contributed by atoms with Crippen LogP contribution in [0.3, 0.4) is 0 Å². The molecule has 0 aromatic rings. The van der Waals surface area contributed by atoms with Crippen molar-refractivity contribution in [3.63, 3.8) is 0 Å². The second-order valence-corrected chi connectivity index (χ2v) is 4.44. The zero-order valence-electron chi connectivity index (χ0n) is 11.0. The molecular formula is C13H25NO3. The Morgan fingerprint density at radius 1 is 1.06 bits per heavy atom. The maximum absolute atomic E-state index is 11.6. The highest BCUT2D eigenvalue weighted by atomic mass is 16.4. The fraction of sp³-hybridized carbons (Fsp3) is 0.846. The largest absolute Gasteiger partial charge is 0.481 e. The van der Waals surface area contributed by atoms with Gasteiger partial charge >= 0.3 is 5.97 Å². The Bertz CT molecular complexity index is 229. The van der Waals surface area contributed by atoms with Crippen LogP contribution in [0.1, 0.15) is 65.2 Å². The molecule has 0 saturated carbocycles. The highest BCUT2D eigenvalue weighted by Crippen LogP contribution is 2.07. The van der Waals surface area contributed by atoms with E-state index in [9.17, 15) is 9.59 Å². The molecule has 4 heteroatoms. The van der Waals surface area contributed by atoms with Crippen LogP contribution < -0.4 is 5.32 Å². The smallest absolute Gasteiger partial charge is 0.303 e. The number of rotatable bonds is 10. The molecule has 0 heterocycles. The molecule has 100 valence electrons. The molecule has 0 aliphatic carbocycles. The minimum Gasteiger partial charge on any atom is -0.481 e. The first-order valence-electron chi connectivity index (χ1n) is 6.61. The first-order chi connectivity index (χ1) is 8.10. The summed E-state index contributed by atoms with van der Waals surface area (Å²) >= 11 is 0. The minimum atomic E-state index is -0.839. The van der Waals surface area contributed by atoms with Crippen molar-refractivity contribution in [2.45, 2.75) is 71.3 Å². The van der Waals surface area contributed by atoms with Crippen molar-refractivity contribution >= 4 is 11.9 Å². The summed E-state index contributed by atoms with van der Waals surface area (Å²) in [6.07, 6.45) is 6.16. The maximum atomic E-state index is 11.6. The quantitative estimate of drug-likeness (QED) is 0.620. The average molecular weight is 243 g/mol. The van der Waals surface area contributed by atoms with Gasteiger partial charge in [-0.2, -0.15) is 0 Å². The summed E-state index contributed by atoms with van der Waals surface area (Å²) in [5.41, 5.74) is 0. The predicted octanol–water partition coefficient (Wildman–Crippen LogP) is 2.72. The minimum absolute atomic E-state index is 0.0131. The number of unbranched alkanes of at least 4 members (excludes halogenated alkanes) is 1. The van der Waals surface area contributed by atoms with E-state index in [1.165, 1.54) is 0 Å². The number of hydrogen-bond acceptors (Lipinski definition) is 2. The van der Waals surface area contributed by atoms with Crippen molar-refractivity contribution in [3.05, 3.63) is 0 Å². The standard InChI is InChI=1S/C13H25NO3/c1-3-5-8-11(7-4-2)14-12(15)9-6-10-13(16)17/h11H,3-10H2,1-2H3,(H,14,15)(H,16,17). The summed E-state index contributed by atoms with van der Waals surface area (Å²) in [4.78, 5) is 21.9. The normalized spacial score (nSPS) is 12.1. The number of carboxylic acids is 1. The molecular weight excluding hydrogens is 218 g/mol. The van der Waals surface area contributed by atoms with E-state index < -0.39 is 5.97 Å². The number of aliphatic carboxylic acids is 1. The summed E-state index contributed by atoms with van der Waals surface area (Å²) < 4.78 is 0. The number of carboxylic acid groups (broad SMARTS) is 1. The molecule has 0 aliphatic heterocycles. The lowest BCUT2D eigenvalue weighted by Crippen LogP contribution is -2.34. The SMILES string of the molecule is CCCCC(CCC)NC(=O)CCCC(=O)O. The van der Waals surface area contributed by atoms with Crippen LogP contribution in [0.15, 0.2) is 0 Å². The summed E-state index contributed by atoms with van der Waals surface area (Å²) in [5, 5.41) is 11.5. The molecule has 2 N–H and O–H groups in total. The summed E-state index contributed by atoms with van der Waals surface area (Å²) in [5.74, 6) is -0.852. The Morgan fingerprint density at radius 3 is 2.29 bits per heavy atom. The van der Waals surface area contributed by atoms with E-state index in [0.717, 1.165) is 32.1 Å². The topological polar surface area (TPSA) is 66.4 Å². The van der Waals surface area contributed by atoms with Gasteiger partial charge in [0.15, 0.2) is 0 Å². The van der Waals surface area contributed by atoms with Crippen LogP contribution in [0.4, 0.5) is 0 Å². The van der Waals surface area contributed by atoms with Crippen LogP contribution in [0, 0.1) is 0 Å². The Labute approximate surface area is 104 Å². The maximum Gasteiger partial charge on any atom is 0.303 e. The van der Waals surface area contributed by atoms with Gasteiger partial charge in [0.25, 0.3) is 0 Å². The van der Waals surface area contributed by atoms with Gasteiger partial charge in [-0.25, -0.2) is 0 Å². The number of amides is 1. The van der Waals surface area contributed by atoms with Crippen LogP contribution in [-0.2, 0) is 9.59 Å². The molecule has 0 aromatic carbocycles. The van der Waals surface area contributed by atoms with E-state index in [1.54, 1.807) is 0 Å². The van der Waals surface area contributed by atoms with Crippen molar-refractivity contribution in [1.29, 1.82) is 0 Å². The molecule has 0 bridgehead atoms. The van der Waals surface area contributed by atoms with E-state index in [1.807, 2.05) is 0 Å². The second-order valence-electron chi connectivity index (χ2n) is 4.44. The van der Waals surface area contributed by atoms with Gasteiger partial charge in [-0.3, -0.25) is 9.59 Å². The molecule has 4 nitrogen and oxygen atoms in total. The van der Waals surface area contributed by atoms with Gasteiger partial charge in [0.2, 0.25) is 5.91 Å². The van der Waals surface area contributed by atoms with E-state index >= 15 is 0 Å². The van der Waals surface area contributed by atoms with E-state index in [0.29, 0.717) is 12.8 Å². The van der Waals surface area contributed by atoms with Crippen LogP contribution in [0.2, 0.25) is 0 Å². The van der Waals surface area contributed by atoms with Gasteiger partial charge in [-0.05, 0) is 19.3 Å². The lowest BCUT2D eigenvalue weighted by Gasteiger charge is -2.17. The van der Waals surface area contributed by atoms with Gasteiger partial charge in [0.05, 0.1) is 0 Å². The Kier molecular flexibility index (Phi) is 9.49. The van der Waals surface area contributed by atoms with Crippen molar-refractivity contribution in [2.75, 3.05) is 0 Å². The molecule has 0 aromatic heterocycles. The fourth-order valence-corrected chi connectivity index (χ4v) is 1.79. The third kappa shape index (κ3) is 9.85. The molecule has 0 saturated heterocycles. The molecule has 0 fully saturated rings. The Balaban J connectivity index is 3.81. The lowest BCUT2D eigenvalue weighted by molar-refractivity contribution is -0.137. The average Bonchev–Trinajstić information content (AvgIpc) is 2.25. The summed E-state index contributed by atoms with van der Waals surface area (Å²) in [6, 6.07) is 0.261. The predicted molar refractivity (Wildman–Crippen MR) is 67.9 cm³/mol. The third-order valence-electron chi connectivity index (χ3n) is 2.70. The molecule has 0 spiro atoms. The van der Waals surface area contributed by atoms with E-state index in [-0.39, 0.29) is 18.4 Å². The monoisotopic (exact) mass is 243 g/mol. The number of nitrogens with one attached hydrogen (secondary N) is 1. The molecule has 1 amide bonds. The van der Waals surface area contributed by atoms with Crippen LogP contribution >= 0.6 is 0 Å². The van der Waals surface area contributed by atoms with Crippen molar-refractivity contribution < 1.29 is 14.7 Å². The highest BCUT2D eigenvalue weighted by Gasteiger charge is 2.11. The van der Waals surface area contributed by atoms with Gasteiger partial charge in [-0.15, -0.1) is 0 Å². The van der Waals surface area contributed by atoms with Crippen LogP contribution in [0.5, 0.6) is 0 Å². The first kappa shape index (κ1) is 15.9. The van der Waals surface area contributed by atoms with Crippen molar-refractivity contribution in [1.82, 2.24) is 5.32 Å². The molecule has 1 atom stereocenters. The molecule has 0 rings (SSSR count). The van der Waals surface area contributed by atoms with Crippen LogP contribution in [-0.4, -0.2) is 23.0 Å². The third-order valence-corrected chi connectivity index (χ3v) is 2.70. The first-order valence-corrected chi connectivity index (χ1v) is 6.61. The summed E-state index contributed by atoms with van der Waals surface area (Å²) in [6.45, 7) is 4.24. The Morgan fingerprint density at radius 2 is 1.76 bits per heavy atom. The number of hydrogen-bond donors (Lipinski definition) is 2. The van der Waals surface area contributed by atoms with E-state index in [2.05, 4.69) is 19.2 Å². The second kappa shape index (κ2) is 10.1. The molecule has 17 heavy (non-hydrogen) atoms. The van der Waals surface area contributed by atoms with Gasteiger partial charge in [0, 0.05) is 18.9 Å². The van der Waals surface area contributed by atoms with Gasteiger partial charge in [0.1, 0.15) is 0 Å². The van der Waals surface area contributed by atoms with Crippen molar-refractivity contribution in [3.8, 4) is 0 Å².